The molecule has 30 heavy (non-hydrogen) atoms. The van der Waals surface area contributed by atoms with Crippen molar-refractivity contribution in [2.75, 3.05) is 0 Å². The molecule has 0 saturated carbocycles. The Kier molecular flexibility index (Phi) is 5.25. The fourth-order valence-electron chi connectivity index (χ4n) is 4.14. The number of rotatable bonds is 5. The van der Waals surface area contributed by atoms with Gasteiger partial charge in [0.1, 0.15) is 0 Å². The lowest BCUT2D eigenvalue weighted by Crippen LogP contribution is -2.29. The highest BCUT2D eigenvalue weighted by atomic mass is 15.4. The monoisotopic (exact) mass is 394 g/mol. The minimum absolute atomic E-state index is 0.00400. The normalized spacial score (nSPS) is 21.5. The summed E-state index contributed by atoms with van der Waals surface area (Å²) in [5.41, 5.74) is 4.27. The third-order valence-corrected chi connectivity index (χ3v) is 5.45. The summed E-state index contributed by atoms with van der Waals surface area (Å²) in [5, 5.41) is 3.81. The highest BCUT2D eigenvalue weighted by Gasteiger charge is 2.43. The largest absolute Gasteiger partial charge is 0.288 e. The first-order valence-electron chi connectivity index (χ1n) is 10.0. The summed E-state index contributed by atoms with van der Waals surface area (Å²) in [6.07, 6.45) is 11.1. The molecule has 0 unspecified atom stereocenters. The molecule has 1 aliphatic rings. The number of nitrogens with zero attached hydrogens (tertiary/aromatic N) is 5. The summed E-state index contributed by atoms with van der Waals surface area (Å²) in [6, 6.07) is 20.3. The summed E-state index contributed by atoms with van der Waals surface area (Å²) in [4.78, 5) is 20.4. The maximum Gasteiger partial charge on any atom is 0.0890 e. The second kappa shape index (κ2) is 8.49. The van der Waals surface area contributed by atoms with Crippen molar-refractivity contribution >= 4 is 0 Å². The standard InChI is InChI=1S/C24H22N6/c1-3-13-27-20(9-1)17-30-23(18-7-5-11-25-15-18)22(21-10-2-4-14-28-21)29-24(30)19-8-6-12-26-16-19/h1-16,22-24,29H,17H2/t22-,23-,24-/m1/s1. The van der Waals surface area contributed by atoms with Crippen LogP contribution >= 0.6 is 0 Å². The van der Waals surface area contributed by atoms with Crippen LogP contribution in [0.15, 0.2) is 97.8 Å². The molecule has 5 rings (SSSR count). The Morgan fingerprint density at radius 2 is 1.47 bits per heavy atom. The Morgan fingerprint density at radius 1 is 0.733 bits per heavy atom. The molecule has 1 fully saturated rings. The molecule has 0 aromatic carbocycles. The first-order chi connectivity index (χ1) is 14.9. The van der Waals surface area contributed by atoms with Gasteiger partial charge in [-0.3, -0.25) is 30.2 Å². The number of pyridine rings is 4. The van der Waals surface area contributed by atoms with E-state index in [1.165, 1.54) is 0 Å². The molecular weight excluding hydrogens is 372 g/mol. The molecule has 0 aliphatic carbocycles. The molecule has 148 valence electrons. The Balaban J connectivity index is 1.62. The van der Waals surface area contributed by atoms with Crippen molar-refractivity contribution < 1.29 is 0 Å². The molecule has 1 aliphatic heterocycles. The van der Waals surface area contributed by atoms with E-state index >= 15 is 0 Å². The van der Waals surface area contributed by atoms with Crippen molar-refractivity contribution in [1.29, 1.82) is 0 Å². The van der Waals surface area contributed by atoms with Crippen molar-refractivity contribution in [3.05, 3.63) is 120 Å². The van der Waals surface area contributed by atoms with E-state index in [9.17, 15) is 0 Å². The Bertz CT molecular complexity index is 1060. The van der Waals surface area contributed by atoms with Gasteiger partial charge in [-0.25, -0.2) is 0 Å². The molecule has 3 atom stereocenters. The maximum absolute atomic E-state index is 4.67. The van der Waals surface area contributed by atoms with Crippen LogP contribution in [-0.4, -0.2) is 24.8 Å². The van der Waals surface area contributed by atoms with Gasteiger partial charge >= 0.3 is 0 Å². The van der Waals surface area contributed by atoms with Gasteiger partial charge in [0.25, 0.3) is 0 Å². The van der Waals surface area contributed by atoms with Crippen LogP contribution in [0.3, 0.4) is 0 Å². The molecule has 0 bridgehead atoms. The van der Waals surface area contributed by atoms with Crippen LogP contribution in [0, 0.1) is 0 Å². The second-order valence-electron chi connectivity index (χ2n) is 7.31. The zero-order chi connectivity index (χ0) is 20.2. The van der Waals surface area contributed by atoms with Crippen LogP contribution in [0.5, 0.6) is 0 Å². The topological polar surface area (TPSA) is 66.8 Å². The fraction of sp³-hybridized carbons (Fsp3) is 0.167. The number of aromatic nitrogens is 4. The van der Waals surface area contributed by atoms with E-state index in [-0.39, 0.29) is 18.2 Å². The number of nitrogens with one attached hydrogen (secondary N) is 1. The summed E-state index contributed by atoms with van der Waals surface area (Å²) in [6.45, 7) is 0.691. The SMILES string of the molecule is c1ccc(CN2[C@H](c3cccnc3)[C@@H](c3ccccn3)N[C@H]2c2cccnc2)nc1. The quantitative estimate of drug-likeness (QED) is 0.555. The van der Waals surface area contributed by atoms with Gasteiger partial charge in [0.15, 0.2) is 0 Å². The predicted molar refractivity (Wildman–Crippen MR) is 114 cm³/mol. The second-order valence-corrected chi connectivity index (χ2v) is 7.31. The van der Waals surface area contributed by atoms with E-state index in [0.29, 0.717) is 6.54 Å². The van der Waals surface area contributed by atoms with Gasteiger partial charge < -0.3 is 0 Å². The van der Waals surface area contributed by atoms with E-state index in [1.54, 1.807) is 6.20 Å². The zero-order valence-electron chi connectivity index (χ0n) is 16.4. The van der Waals surface area contributed by atoms with Crippen molar-refractivity contribution in [3.63, 3.8) is 0 Å². The predicted octanol–water partition coefficient (Wildman–Crippen LogP) is 3.85. The van der Waals surface area contributed by atoms with Gasteiger partial charge in [-0.05, 0) is 42.0 Å². The van der Waals surface area contributed by atoms with Crippen LogP contribution in [0.25, 0.3) is 0 Å². The van der Waals surface area contributed by atoms with E-state index < -0.39 is 0 Å². The van der Waals surface area contributed by atoms with Gasteiger partial charge in [-0.1, -0.05) is 24.3 Å². The van der Waals surface area contributed by atoms with Gasteiger partial charge in [0, 0.05) is 49.3 Å². The molecule has 0 amide bonds. The minimum atomic E-state index is -0.0297. The third-order valence-electron chi connectivity index (χ3n) is 5.45. The molecule has 1 N–H and O–H groups in total. The van der Waals surface area contributed by atoms with Crippen LogP contribution in [0.2, 0.25) is 0 Å². The van der Waals surface area contributed by atoms with Crippen molar-refractivity contribution in [2.24, 2.45) is 0 Å². The average molecular weight is 394 g/mol. The summed E-state index contributed by atoms with van der Waals surface area (Å²) in [5.74, 6) is 0. The molecule has 6 heteroatoms. The summed E-state index contributed by atoms with van der Waals surface area (Å²) < 4.78 is 0. The Labute approximate surface area is 175 Å². The number of hydrogen-bond donors (Lipinski definition) is 1. The smallest absolute Gasteiger partial charge is 0.0890 e. The minimum Gasteiger partial charge on any atom is -0.288 e. The number of hydrogen-bond acceptors (Lipinski definition) is 6. The third kappa shape index (κ3) is 3.70. The molecule has 6 nitrogen and oxygen atoms in total. The summed E-state index contributed by atoms with van der Waals surface area (Å²) >= 11 is 0. The zero-order valence-corrected chi connectivity index (χ0v) is 16.4. The summed E-state index contributed by atoms with van der Waals surface area (Å²) in [7, 11) is 0. The van der Waals surface area contributed by atoms with Crippen LogP contribution in [0.1, 0.15) is 40.8 Å². The van der Waals surface area contributed by atoms with Crippen LogP contribution in [0.4, 0.5) is 0 Å². The Morgan fingerprint density at radius 3 is 2.10 bits per heavy atom. The maximum atomic E-state index is 4.67. The molecule has 5 heterocycles. The molecule has 0 radical (unpaired) electrons. The highest BCUT2D eigenvalue weighted by Crippen LogP contribution is 2.45. The lowest BCUT2D eigenvalue weighted by Gasteiger charge is -2.30. The van der Waals surface area contributed by atoms with Crippen LogP contribution < -0.4 is 5.32 Å². The fourth-order valence-corrected chi connectivity index (χ4v) is 4.14. The van der Waals surface area contributed by atoms with Gasteiger partial charge in [-0.2, -0.15) is 0 Å². The molecule has 1 saturated heterocycles. The van der Waals surface area contributed by atoms with E-state index in [0.717, 1.165) is 22.5 Å². The first-order valence-corrected chi connectivity index (χ1v) is 10.0. The van der Waals surface area contributed by atoms with Crippen molar-refractivity contribution in [1.82, 2.24) is 30.2 Å². The van der Waals surface area contributed by atoms with Crippen molar-refractivity contribution in [2.45, 2.75) is 24.8 Å². The molecule has 0 spiro atoms. The highest BCUT2D eigenvalue weighted by molar-refractivity contribution is 5.28. The lowest BCUT2D eigenvalue weighted by molar-refractivity contribution is 0.173. The molecular formula is C24H22N6. The van der Waals surface area contributed by atoms with E-state index in [4.69, 9.17) is 0 Å². The lowest BCUT2D eigenvalue weighted by atomic mass is 9.98. The van der Waals surface area contributed by atoms with Gasteiger partial charge in [0.05, 0.1) is 29.6 Å². The van der Waals surface area contributed by atoms with Crippen LogP contribution in [-0.2, 0) is 6.54 Å². The van der Waals surface area contributed by atoms with Gasteiger partial charge in [0.2, 0.25) is 0 Å². The first kappa shape index (κ1) is 18.5. The Hall–Kier alpha value is -3.48. The average Bonchev–Trinajstić information content (AvgIpc) is 3.20. The van der Waals surface area contributed by atoms with Gasteiger partial charge in [-0.15, -0.1) is 0 Å². The van der Waals surface area contributed by atoms with Crippen molar-refractivity contribution in [3.8, 4) is 0 Å². The molecule has 4 aromatic heterocycles. The molecule has 4 aromatic rings. The van der Waals surface area contributed by atoms with E-state index in [1.807, 2.05) is 67.4 Å². The van der Waals surface area contributed by atoms with E-state index in [2.05, 4.69) is 54.4 Å².